The minimum absolute atomic E-state index is 0.0156. The van der Waals surface area contributed by atoms with Gasteiger partial charge >= 0.3 is 7.82 Å². The summed E-state index contributed by atoms with van der Waals surface area (Å²) in [5.41, 5.74) is 4.15. The standard InChI is InChI=1S/C25H23N6O5P/c1-4-24(32)30(3)21-9-18(12-27-14-21)19-10-22-23(17-6-7-28-20(8-17)11-26)15-31(25(22)29-13-19)16-36-37(33,34)35-5-2/h4,6-10,12-15H,1,5,16H2,2-3H3,(H,33,34). The third-order valence-electron chi connectivity index (χ3n) is 5.50. The smallest absolute Gasteiger partial charge is 0.310 e. The molecule has 11 nitrogen and oxygen atoms in total. The number of hydrogen-bond acceptors (Lipinski definition) is 8. The van der Waals surface area contributed by atoms with Gasteiger partial charge in [0.1, 0.15) is 24.1 Å². The molecule has 0 spiro atoms. The molecular weight excluding hydrogens is 495 g/mol. The molecule has 1 amide bonds. The van der Waals surface area contributed by atoms with Crippen LogP contribution in [0.4, 0.5) is 5.69 Å². The summed E-state index contributed by atoms with van der Waals surface area (Å²) >= 11 is 0. The lowest BCUT2D eigenvalue weighted by Crippen LogP contribution is -2.23. The van der Waals surface area contributed by atoms with Crippen LogP contribution in [0.1, 0.15) is 12.6 Å². The fourth-order valence-corrected chi connectivity index (χ4v) is 4.36. The molecule has 1 N–H and O–H groups in total. The molecule has 0 aliphatic heterocycles. The Labute approximate surface area is 212 Å². The number of nitriles is 1. The maximum Gasteiger partial charge on any atom is 0.473 e. The predicted molar refractivity (Wildman–Crippen MR) is 137 cm³/mol. The van der Waals surface area contributed by atoms with Gasteiger partial charge in [-0.1, -0.05) is 6.58 Å². The number of nitrogens with zero attached hydrogens (tertiary/aromatic N) is 6. The van der Waals surface area contributed by atoms with Crippen LogP contribution in [0.25, 0.3) is 33.3 Å². The van der Waals surface area contributed by atoms with E-state index < -0.39 is 7.82 Å². The van der Waals surface area contributed by atoms with Crippen molar-refractivity contribution in [3.63, 3.8) is 0 Å². The molecule has 4 rings (SSSR count). The Morgan fingerprint density at radius 2 is 2.00 bits per heavy atom. The Hall–Kier alpha value is -4.20. The number of aromatic nitrogens is 4. The van der Waals surface area contributed by atoms with Crippen LogP contribution in [0.5, 0.6) is 0 Å². The molecule has 0 aromatic carbocycles. The Kier molecular flexibility index (Phi) is 7.57. The van der Waals surface area contributed by atoms with Crippen molar-refractivity contribution in [1.82, 2.24) is 19.5 Å². The number of rotatable bonds is 9. The fraction of sp³-hybridized carbons (Fsp3) is 0.160. The molecule has 0 saturated heterocycles. The second-order valence-corrected chi connectivity index (χ2v) is 9.28. The van der Waals surface area contributed by atoms with Crippen molar-refractivity contribution in [2.75, 3.05) is 18.6 Å². The van der Waals surface area contributed by atoms with Crippen LogP contribution >= 0.6 is 7.82 Å². The van der Waals surface area contributed by atoms with Gasteiger partial charge in [0.25, 0.3) is 0 Å². The van der Waals surface area contributed by atoms with Gasteiger partial charge in [-0.15, -0.1) is 0 Å². The molecule has 1 atom stereocenters. The van der Waals surface area contributed by atoms with Crippen molar-refractivity contribution in [3.05, 3.63) is 73.6 Å². The van der Waals surface area contributed by atoms with Crippen LogP contribution in [0.3, 0.4) is 0 Å². The van der Waals surface area contributed by atoms with Crippen molar-refractivity contribution in [2.45, 2.75) is 13.7 Å². The summed E-state index contributed by atoms with van der Waals surface area (Å²) in [4.78, 5) is 36.2. The fourth-order valence-electron chi connectivity index (χ4n) is 3.69. The SMILES string of the molecule is C=CC(=O)N(C)c1cncc(-c2cnc3c(c2)c(-c2ccnc(C#N)c2)cn3COP(=O)(O)OCC)c1. The highest BCUT2D eigenvalue weighted by Crippen LogP contribution is 2.44. The minimum Gasteiger partial charge on any atom is -0.310 e. The molecule has 4 heterocycles. The van der Waals surface area contributed by atoms with E-state index in [-0.39, 0.29) is 24.9 Å². The monoisotopic (exact) mass is 518 g/mol. The molecule has 0 radical (unpaired) electrons. The molecule has 37 heavy (non-hydrogen) atoms. The van der Waals surface area contributed by atoms with Crippen LogP contribution in [-0.2, 0) is 25.1 Å². The van der Waals surface area contributed by atoms with Crippen LogP contribution in [0, 0.1) is 11.3 Å². The summed E-state index contributed by atoms with van der Waals surface area (Å²) in [6.07, 6.45) is 9.33. The van der Waals surface area contributed by atoms with E-state index in [9.17, 15) is 19.5 Å². The summed E-state index contributed by atoms with van der Waals surface area (Å²) in [6.45, 7) is 4.82. The van der Waals surface area contributed by atoms with Crippen molar-refractivity contribution in [1.29, 1.82) is 5.26 Å². The van der Waals surface area contributed by atoms with Gasteiger partial charge < -0.3 is 14.4 Å². The van der Waals surface area contributed by atoms with E-state index >= 15 is 0 Å². The highest BCUT2D eigenvalue weighted by Gasteiger charge is 2.22. The first-order valence-corrected chi connectivity index (χ1v) is 12.6. The molecule has 4 aromatic heterocycles. The maximum atomic E-state index is 12.1. The van der Waals surface area contributed by atoms with Crippen molar-refractivity contribution >= 4 is 30.5 Å². The number of phosphoric ester groups is 1. The van der Waals surface area contributed by atoms with Crippen molar-refractivity contribution in [2.24, 2.45) is 0 Å². The van der Waals surface area contributed by atoms with Crippen LogP contribution in [0.2, 0.25) is 0 Å². The summed E-state index contributed by atoms with van der Waals surface area (Å²) < 4.78 is 23.6. The van der Waals surface area contributed by atoms with E-state index in [0.717, 1.165) is 5.56 Å². The van der Waals surface area contributed by atoms with Gasteiger partial charge in [0.15, 0.2) is 0 Å². The van der Waals surface area contributed by atoms with Gasteiger partial charge in [0.2, 0.25) is 5.91 Å². The number of amides is 1. The summed E-state index contributed by atoms with van der Waals surface area (Å²) in [6, 6.07) is 9.11. The molecule has 0 aliphatic rings. The maximum absolute atomic E-state index is 12.1. The summed E-state index contributed by atoms with van der Waals surface area (Å²) in [7, 11) is -2.62. The summed E-state index contributed by atoms with van der Waals surface area (Å²) in [5.74, 6) is -0.272. The number of carbonyl (C=O) groups excluding carboxylic acids is 1. The second-order valence-electron chi connectivity index (χ2n) is 7.83. The molecule has 0 saturated carbocycles. The molecule has 188 valence electrons. The summed E-state index contributed by atoms with van der Waals surface area (Å²) in [5, 5.41) is 10.0. The Morgan fingerprint density at radius 3 is 2.73 bits per heavy atom. The Morgan fingerprint density at radius 1 is 1.22 bits per heavy atom. The van der Waals surface area contributed by atoms with Crippen LogP contribution in [0.15, 0.2) is 67.9 Å². The van der Waals surface area contributed by atoms with Gasteiger partial charge in [0, 0.05) is 53.9 Å². The highest BCUT2D eigenvalue weighted by atomic mass is 31.2. The molecule has 4 aromatic rings. The highest BCUT2D eigenvalue weighted by molar-refractivity contribution is 7.47. The van der Waals surface area contributed by atoms with Gasteiger partial charge in [-0.05, 0) is 42.8 Å². The van der Waals surface area contributed by atoms with Gasteiger partial charge in [-0.3, -0.25) is 18.8 Å². The largest absolute Gasteiger partial charge is 0.473 e. The van der Waals surface area contributed by atoms with E-state index in [1.54, 1.807) is 61.5 Å². The number of phosphoric acid groups is 1. The number of anilines is 1. The number of pyridine rings is 3. The molecule has 1 unspecified atom stereocenters. The molecule has 0 aliphatic carbocycles. The number of carbonyl (C=O) groups is 1. The molecule has 0 bridgehead atoms. The van der Waals surface area contributed by atoms with Crippen molar-refractivity contribution < 1.29 is 23.3 Å². The van der Waals surface area contributed by atoms with Crippen LogP contribution < -0.4 is 4.90 Å². The predicted octanol–water partition coefficient (Wildman–Crippen LogP) is 4.29. The molecule has 0 fully saturated rings. The Bertz CT molecular complexity index is 1580. The van der Waals surface area contributed by atoms with Gasteiger partial charge in [-0.25, -0.2) is 14.5 Å². The van der Waals surface area contributed by atoms with E-state index in [0.29, 0.717) is 33.4 Å². The topological polar surface area (TPSA) is 143 Å². The zero-order chi connectivity index (χ0) is 26.6. The Balaban J connectivity index is 1.82. The first kappa shape index (κ1) is 25.9. The normalized spacial score (nSPS) is 12.6. The molecule has 12 heteroatoms. The minimum atomic E-state index is -4.24. The second kappa shape index (κ2) is 10.8. The average molecular weight is 518 g/mol. The first-order valence-electron chi connectivity index (χ1n) is 11.1. The van der Waals surface area contributed by atoms with E-state index in [2.05, 4.69) is 21.5 Å². The quantitative estimate of drug-likeness (QED) is 0.253. The molecular formula is C25H23N6O5P. The van der Waals surface area contributed by atoms with Crippen molar-refractivity contribution in [3.8, 4) is 28.3 Å². The third kappa shape index (κ3) is 5.63. The zero-order valence-electron chi connectivity index (χ0n) is 20.1. The third-order valence-corrected chi connectivity index (χ3v) is 6.53. The lowest BCUT2D eigenvalue weighted by molar-refractivity contribution is -0.113. The number of likely N-dealkylation sites (N-methyl/N-ethyl adjacent to an activating group) is 1. The lowest BCUT2D eigenvalue weighted by Gasteiger charge is -2.15. The number of fused-ring (bicyclic) bond motifs is 1. The van der Waals surface area contributed by atoms with E-state index in [1.807, 2.05) is 12.1 Å². The van der Waals surface area contributed by atoms with E-state index in [1.165, 1.54) is 17.2 Å². The zero-order valence-corrected chi connectivity index (χ0v) is 21.0. The van der Waals surface area contributed by atoms with Gasteiger partial charge in [-0.2, -0.15) is 5.26 Å². The first-order chi connectivity index (χ1) is 17.8. The van der Waals surface area contributed by atoms with Gasteiger partial charge in [0.05, 0.1) is 18.5 Å². The average Bonchev–Trinajstić information content (AvgIpc) is 3.29. The van der Waals surface area contributed by atoms with Crippen LogP contribution in [-0.4, -0.2) is 44.0 Å². The van der Waals surface area contributed by atoms with E-state index in [4.69, 9.17) is 9.05 Å². The number of hydrogen-bond donors (Lipinski definition) is 1. The lowest BCUT2D eigenvalue weighted by atomic mass is 10.0.